The molecule has 1 aromatic heterocycles. The van der Waals surface area contributed by atoms with Crippen LogP contribution in [0.1, 0.15) is 29.4 Å². The molecule has 0 saturated carbocycles. The van der Waals surface area contributed by atoms with Gasteiger partial charge in [-0.3, -0.25) is 9.48 Å². The number of carbonyl (C=O) groups is 1. The van der Waals surface area contributed by atoms with E-state index in [0.29, 0.717) is 37.9 Å². The van der Waals surface area contributed by atoms with E-state index in [1.54, 1.807) is 6.07 Å². The Morgan fingerprint density at radius 1 is 1.15 bits per heavy atom. The Hall–Kier alpha value is -2.25. The van der Waals surface area contributed by atoms with Crippen molar-refractivity contribution < 1.29 is 9.90 Å². The molecule has 2 aliphatic heterocycles. The van der Waals surface area contributed by atoms with Gasteiger partial charge in [0, 0.05) is 38.9 Å². The van der Waals surface area contributed by atoms with Crippen LogP contribution in [0, 0.1) is 0 Å². The first-order valence-corrected chi connectivity index (χ1v) is 9.30. The summed E-state index contributed by atoms with van der Waals surface area (Å²) < 4.78 is 1.93. The fraction of sp³-hybridized carbons (Fsp3) is 0.474. The topological polar surface area (TPSA) is 73.6 Å². The van der Waals surface area contributed by atoms with Gasteiger partial charge in [-0.05, 0) is 37.6 Å². The molecule has 3 heterocycles. The molecule has 0 bridgehead atoms. The van der Waals surface area contributed by atoms with E-state index in [0.717, 1.165) is 31.6 Å². The average Bonchev–Trinajstić information content (AvgIpc) is 3.19. The zero-order chi connectivity index (χ0) is 17.9. The molecule has 0 spiro atoms. The van der Waals surface area contributed by atoms with Crippen LogP contribution in [-0.4, -0.2) is 65.0 Å². The van der Waals surface area contributed by atoms with E-state index in [4.69, 9.17) is 0 Å². The number of aromatic hydroxyl groups is 1. The third-order valence-electron chi connectivity index (χ3n) is 5.26. The predicted molar refractivity (Wildman–Crippen MR) is 107 cm³/mol. The third-order valence-corrected chi connectivity index (χ3v) is 5.26. The fourth-order valence-corrected chi connectivity index (χ4v) is 3.76. The van der Waals surface area contributed by atoms with Crippen LogP contribution in [0.15, 0.2) is 36.5 Å². The Labute approximate surface area is 165 Å². The van der Waals surface area contributed by atoms with Gasteiger partial charge >= 0.3 is 0 Å². The Kier molecular flexibility index (Phi) is 6.23. The van der Waals surface area contributed by atoms with Crippen LogP contribution in [0.2, 0.25) is 0 Å². The molecule has 8 heteroatoms. The largest absolute Gasteiger partial charge is 0.506 e. The number of halogens is 1. The smallest absolute Gasteiger partial charge is 0.274 e. The normalized spacial score (nSPS) is 20.2. The van der Waals surface area contributed by atoms with Gasteiger partial charge in [0.05, 0.1) is 11.7 Å². The van der Waals surface area contributed by atoms with Crippen LogP contribution >= 0.6 is 12.4 Å². The summed E-state index contributed by atoms with van der Waals surface area (Å²) in [5.41, 5.74) is 1.35. The van der Waals surface area contributed by atoms with Crippen molar-refractivity contribution in [1.29, 1.82) is 0 Å². The molecule has 4 rings (SSSR count). The van der Waals surface area contributed by atoms with Gasteiger partial charge in [-0.15, -0.1) is 12.4 Å². The molecule has 2 fully saturated rings. The number of nitrogens with one attached hydrogen (secondary N) is 1. The van der Waals surface area contributed by atoms with E-state index in [1.165, 1.54) is 0 Å². The minimum absolute atomic E-state index is 0. The van der Waals surface area contributed by atoms with Crippen LogP contribution in [0.3, 0.4) is 0 Å². The van der Waals surface area contributed by atoms with Gasteiger partial charge in [-0.2, -0.15) is 5.10 Å². The summed E-state index contributed by atoms with van der Waals surface area (Å²) in [7, 11) is 0. The number of piperazine rings is 1. The van der Waals surface area contributed by atoms with Gasteiger partial charge in [0.25, 0.3) is 5.91 Å². The number of rotatable bonds is 3. The Morgan fingerprint density at radius 2 is 1.93 bits per heavy atom. The van der Waals surface area contributed by atoms with Crippen LogP contribution in [0.5, 0.6) is 5.75 Å². The summed E-state index contributed by atoms with van der Waals surface area (Å²) in [5.74, 6) is 0.275. The highest BCUT2D eigenvalue weighted by Gasteiger charge is 2.25. The van der Waals surface area contributed by atoms with Gasteiger partial charge in [-0.25, -0.2) is 0 Å². The van der Waals surface area contributed by atoms with Crippen LogP contribution in [0.25, 0.3) is 0 Å². The molecule has 2 saturated heterocycles. The molecular formula is C19H26ClN5O2. The second-order valence-corrected chi connectivity index (χ2v) is 6.95. The van der Waals surface area contributed by atoms with Crippen LogP contribution in [0.4, 0.5) is 5.69 Å². The summed E-state index contributed by atoms with van der Waals surface area (Å²) in [6.45, 7) is 4.64. The lowest BCUT2D eigenvalue weighted by molar-refractivity contribution is 0.0739. The van der Waals surface area contributed by atoms with Crippen molar-refractivity contribution in [2.75, 3.05) is 44.2 Å². The molecule has 1 unspecified atom stereocenters. The number of amides is 1. The highest BCUT2D eigenvalue weighted by atomic mass is 35.5. The lowest BCUT2D eigenvalue weighted by atomic mass is 10.1. The molecule has 27 heavy (non-hydrogen) atoms. The maximum absolute atomic E-state index is 12.8. The zero-order valence-corrected chi connectivity index (χ0v) is 16.1. The highest BCUT2D eigenvalue weighted by Crippen LogP contribution is 2.27. The molecule has 2 aliphatic rings. The fourth-order valence-electron chi connectivity index (χ4n) is 3.76. The number of phenolic OH excluding ortho intramolecular Hbond substituents is 1. The molecule has 2 aromatic rings. The van der Waals surface area contributed by atoms with Gasteiger partial charge in [0.1, 0.15) is 11.4 Å². The van der Waals surface area contributed by atoms with Gasteiger partial charge in [0.2, 0.25) is 0 Å². The summed E-state index contributed by atoms with van der Waals surface area (Å²) >= 11 is 0. The van der Waals surface area contributed by atoms with E-state index in [-0.39, 0.29) is 24.1 Å². The maximum atomic E-state index is 12.8. The monoisotopic (exact) mass is 391 g/mol. The van der Waals surface area contributed by atoms with E-state index in [1.807, 2.05) is 40.0 Å². The minimum Gasteiger partial charge on any atom is -0.506 e. The Balaban J connectivity index is 0.00000210. The first kappa shape index (κ1) is 19.5. The number of hydrogen-bond donors (Lipinski definition) is 2. The number of nitrogens with zero attached hydrogens (tertiary/aromatic N) is 4. The van der Waals surface area contributed by atoms with Crippen LogP contribution < -0.4 is 10.2 Å². The van der Waals surface area contributed by atoms with Gasteiger partial charge < -0.3 is 20.2 Å². The molecule has 1 aromatic carbocycles. The molecule has 1 atom stereocenters. The Morgan fingerprint density at radius 3 is 2.63 bits per heavy atom. The number of hydrogen-bond acceptors (Lipinski definition) is 5. The number of anilines is 1. The summed E-state index contributed by atoms with van der Waals surface area (Å²) in [4.78, 5) is 16.7. The first-order valence-electron chi connectivity index (χ1n) is 9.30. The molecule has 0 radical (unpaired) electrons. The number of carbonyl (C=O) groups excluding carboxylic acids is 1. The summed E-state index contributed by atoms with van der Waals surface area (Å²) in [6.07, 6.45) is 4.16. The number of para-hydroxylation sites is 2. The predicted octanol–water partition coefficient (Wildman–Crippen LogP) is 1.90. The summed E-state index contributed by atoms with van der Waals surface area (Å²) in [6, 6.07) is 9.50. The second kappa shape index (κ2) is 8.63. The van der Waals surface area contributed by atoms with E-state index < -0.39 is 0 Å². The molecule has 146 valence electrons. The van der Waals surface area contributed by atoms with Crippen molar-refractivity contribution in [2.45, 2.75) is 18.9 Å². The quantitative estimate of drug-likeness (QED) is 0.836. The van der Waals surface area contributed by atoms with Crippen LogP contribution in [-0.2, 0) is 0 Å². The van der Waals surface area contributed by atoms with Crippen molar-refractivity contribution in [3.8, 4) is 5.75 Å². The van der Waals surface area contributed by atoms with Crippen molar-refractivity contribution in [3.63, 3.8) is 0 Å². The minimum atomic E-state index is -0.00977. The van der Waals surface area contributed by atoms with Crippen molar-refractivity contribution >= 4 is 24.0 Å². The first-order chi connectivity index (χ1) is 12.7. The standard InChI is InChI=1S/C19H25N5O2.ClH/c25-18-6-2-1-5-17(18)22-10-12-23(13-11-22)19(26)16-7-9-24(21-16)15-4-3-8-20-14-15;/h1-2,5-7,9,15,20,25H,3-4,8,10-14H2;1H. The number of phenols is 1. The lowest BCUT2D eigenvalue weighted by Gasteiger charge is -2.36. The van der Waals surface area contributed by atoms with Crippen molar-refractivity contribution in [3.05, 3.63) is 42.2 Å². The maximum Gasteiger partial charge on any atom is 0.274 e. The van der Waals surface area contributed by atoms with E-state index in [9.17, 15) is 9.90 Å². The second-order valence-electron chi connectivity index (χ2n) is 6.95. The number of benzene rings is 1. The zero-order valence-electron chi connectivity index (χ0n) is 15.3. The number of piperidine rings is 1. The van der Waals surface area contributed by atoms with Crippen molar-refractivity contribution in [1.82, 2.24) is 20.0 Å². The molecular weight excluding hydrogens is 366 g/mol. The SMILES string of the molecule is Cl.O=C(c1ccn(C2CCCNC2)n1)N1CCN(c2ccccc2O)CC1. The van der Waals surface area contributed by atoms with E-state index in [2.05, 4.69) is 15.3 Å². The lowest BCUT2D eigenvalue weighted by Crippen LogP contribution is -2.49. The molecule has 1 amide bonds. The van der Waals surface area contributed by atoms with E-state index >= 15 is 0 Å². The third kappa shape index (κ3) is 4.20. The molecule has 7 nitrogen and oxygen atoms in total. The summed E-state index contributed by atoms with van der Waals surface area (Å²) in [5, 5.41) is 17.9. The highest BCUT2D eigenvalue weighted by molar-refractivity contribution is 5.92. The Bertz CT molecular complexity index is 767. The van der Waals surface area contributed by atoms with Gasteiger partial charge in [-0.1, -0.05) is 12.1 Å². The van der Waals surface area contributed by atoms with Crippen molar-refractivity contribution in [2.24, 2.45) is 0 Å². The number of aromatic nitrogens is 2. The van der Waals surface area contributed by atoms with Gasteiger partial charge in [0.15, 0.2) is 0 Å². The molecule has 0 aliphatic carbocycles. The average molecular weight is 392 g/mol. The molecule has 2 N–H and O–H groups in total.